The van der Waals surface area contributed by atoms with Crippen LogP contribution >= 0.6 is 0 Å². The molecule has 0 atom stereocenters. The van der Waals surface area contributed by atoms with E-state index in [1.165, 1.54) is 21.3 Å². The second-order valence-electron chi connectivity index (χ2n) is 5.11. The minimum atomic E-state index is -3.50. The summed E-state index contributed by atoms with van der Waals surface area (Å²) in [7, 11) is -1.93. The van der Waals surface area contributed by atoms with Gasteiger partial charge in [-0.15, -0.1) is 0 Å². The Morgan fingerprint density at radius 2 is 2.11 bits per heavy atom. The van der Waals surface area contributed by atoms with Crippen molar-refractivity contribution in [2.24, 2.45) is 11.1 Å². The maximum absolute atomic E-state index is 12.4. The Hall–Kier alpha value is -0.920. The molecule has 0 aliphatic heterocycles. The molecule has 1 rings (SSSR count). The van der Waals surface area contributed by atoms with E-state index >= 15 is 0 Å². The van der Waals surface area contributed by atoms with Crippen molar-refractivity contribution in [3.63, 3.8) is 0 Å². The predicted molar refractivity (Wildman–Crippen MR) is 70.6 cm³/mol. The van der Waals surface area contributed by atoms with Crippen LogP contribution < -0.4 is 5.73 Å². The zero-order chi connectivity index (χ0) is 14.0. The molecule has 0 aromatic carbocycles. The lowest BCUT2D eigenvalue weighted by molar-refractivity contribution is 0.290. The second kappa shape index (κ2) is 5.38. The lowest BCUT2D eigenvalue weighted by Crippen LogP contribution is -2.40. The fourth-order valence-corrected chi connectivity index (χ4v) is 3.20. The zero-order valence-electron chi connectivity index (χ0n) is 11.4. The average Bonchev–Trinajstić information content (AvgIpc) is 2.77. The van der Waals surface area contributed by atoms with E-state index in [2.05, 4.69) is 5.10 Å². The minimum absolute atomic E-state index is 0.223. The van der Waals surface area contributed by atoms with E-state index in [9.17, 15) is 8.42 Å². The molecule has 104 valence electrons. The van der Waals surface area contributed by atoms with Gasteiger partial charge in [0.1, 0.15) is 0 Å². The maximum Gasteiger partial charge on any atom is 0.259 e. The highest BCUT2D eigenvalue weighted by atomic mass is 32.2. The SMILES string of the molecule is CCn1nccc1S(=O)(=O)N(C)CC(C)(C)CN. The zero-order valence-corrected chi connectivity index (χ0v) is 12.2. The normalized spacial score (nSPS) is 13.2. The topological polar surface area (TPSA) is 81.2 Å². The summed E-state index contributed by atoms with van der Waals surface area (Å²) in [5, 5.41) is 4.21. The molecular formula is C11H22N4O2S. The van der Waals surface area contributed by atoms with Crippen molar-refractivity contribution in [2.45, 2.75) is 32.3 Å². The smallest absolute Gasteiger partial charge is 0.259 e. The monoisotopic (exact) mass is 274 g/mol. The molecule has 0 amide bonds. The largest absolute Gasteiger partial charge is 0.330 e. The summed E-state index contributed by atoms with van der Waals surface area (Å²) in [4.78, 5) is 0. The molecule has 7 heteroatoms. The standard InChI is InChI=1S/C11H22N4O2S/c1-5-15-10(6-7-13-15)18(16,17)14(4)9-11(2,3)8-12/h6-7H,5,8-9,12H2,1-4H3. The second-order valence-corrected chi connectivity index (χ2v) is 7.11. The number of aromatic nitrogens is 2. The Morgan fingerprint density at radius 1 is 1.50 bits per heavy atom. The molecule has 0 fully saturated rings. The summed E-state index contributed by atoms with van der Waals surface area (Å²) in [6.45, 7) is 7.07. The van der Waals surface area contributed by atoms with Gasteiger partial charge in [-0.2, -0.15) is 9.40 Å². The third-order valence-corrected chi connectivity index (χ3v) is 4.68. The van der Waals surface area contributed by atoms with E-state index in [4.69, 9.17) is 5.73 Å². The van der Waals surface area contributed by atoms with Crippen LogP contribution in [0, 0.1) is 5.41 Å². The molecule has 6 nitrogen and oxygen atoms in total. The van der Waals surface area contributed by atoms with Crippen molar-refractivity contribution in [2.75, 3.05) is 20.1 Å². The van der Waals surface area contributed by atoms with Gasteiger partial charge in [-0.25, -0.2) is 8.42 Å². The van der Waals surface area contributed by atoms with Crippen molar-refractivity contribution < 1.29 is 8.42 Å². The number of sulfonamides is 1. The summed E-state index contributed by atoms with van der Waals surface area (Å²) < 4.78 is 27.6. The third kappa shape index (κ3) is 3.09. The van der Waals surface area contributed by atoms with Crippen molar-refractivity contribution in [3.8, 4) is 0 Å². The molecule has 0 unspecified atom stereocenters. The van der Waals surface area contributed by atoms with Gasteiger partial charge in [0.15, 0.2) is 5.03 Å². The number of nitrogens with two attached hydrogens (primary N) is 1. The Labute approximate surface area is 109 Å². The van der Waals surface area contributed by atoms with Crippen LogP contribution in [0.25, 0.3) is 0 Å². The molecule has 1 aromatic heterocycles. The van der Waals surface area contributed by atoms with Gasteiger partial charge in [0.25, 0.3) is 10.0 Å². The molecule has 1 heterocycles. The molecule has 18 heavy (non-hydrogen) atoms. The predicted octanol–water partition coefficient (Wildman–Crippen LogP) is 0.508. The summed E-state index contributed by atoms with van der Waals surface area (Å²) in [5.41, 5.74) is 5.38. The number of nitrogens with zero attached hydrogens (tertiary/aromatic N) is 3. The number of rotatable bonds is 6. The van der Waals surface area contributed by atoms with Crippen LogP contribution in [0.4, 0.5) is 0 Å². The Morgan fingerprint density at radius 3 is 2.61 bits per heavy atom. The van der Waals surface area contributed by atoms with Gasteiger partial charge in [-0.1, -0.05) is 13.8 Å². The molecule has 0 aliphatic carbocycles. The van der Waals surface area contributed by atoms with E-state index in [0.29, 0.717) is 19.6 Å². The van der Waals surface area contributed by atoms with Crippen LogP contribution in [0.5, 0.6) is 0 Å². The van der Waals surface area contributed by atoms with E-state index in [-0.39, 0.29) is 10.4 Å². The van der Waals surface area contributed by atoms with Crippen molar-refractivity contribution >= 4 is 10.0 Å². The van der Waals surface area contributed by atoms with Gasteiger partial charge >= 0.3 is 0 Å². The van der Waals surface area contributed by atoms with Crippen molar-refractivity contribution in [1.82, 2.24) is 14.1 Å². The Kier molecular flexibility index (Phi) is 4.52. The highest BCUT2D eigenvalue weighted by Gasteiger charge is 2.29. The molecule has 1 aromatic rings. The number of hydrogen-bond acceptors (Lipinski definition) is 4. The lowest BCUT2D eigenvalue weighted by Gasteiger charge is -2.28. The number of aryl methyl sites for hydroxylation is 1. The Balaban J connectivity index is 3.01. The van der Waals surface area contributed by atoms with E-state index in [1.807, 2.05) is 20.8 Å². The van der Waals surface area contributed by atoms with E-state index in [1.54, 1.807) is 7.05 Å². The quantitative estimate of drug-likeness (QED) is 0.819. The summed E-state index contributed by atoms with van der Waals surface area (Å²) in [5.74, 6) is 0. The molecule has 0 saturated carbocycles. The Bertz CT molecular complexity index is 493. The van der Waals surface area contributed by atoms with Gasteiger partial charge in [0, 0.05) is 20.1 Å². The first kappa shape index (κ1) is 15.1. The van der Waals surface area contributed by atoms with E-state index in [0.717, 1.165) is 0 Å². The van der Waals surface area contributed by atoms with Gasteiger partial charge in [-0.3, -0.25) is 4.68 Å². The maximum atomic E-state index is 12.4. The first-order valence-electron chi connectivity index (χ1n) is 5.93. The van der Waals surface area contributed by atoms with Crippen LogP contribution in [0.15, 0.2) is 17.3 Å². The summed E-state index contributed by atoms with van der Waals surface area (Å²) in [6.07, 6.45) is 1.50. The van der Waals surface area contributed by atoms with Crippen molar-refractivity contribution in [1.29, 1.82) is 0 Å². The molecular weight excluding hydrogens is 252 g/mol. The molecule has 2 N–H and O–H groups in total. The van der Waals surface area contributed by atoms with Crippen LogP contribution in [-0.2, 0) is 16.6 Å². The molecule has 0 saturated heterocycles. The van der Waals surface area contributed by atoms with Gasteiger partial charge < -0.3 is 5.73 Å². The van der Waals surface area contributed by atoms with E-state index < -0.39 is 10.0 Å². The van der Waals surface area contributed by atoms with Gasteiger partial charge in [0.2, 0.25) is 0 Å². The molecule has 0 radical (unpaired) electrons. The van der Waals surface area contributed by atoms with Gasteiger partial charge in [0.05, 0.1) is 6.20 Å². The number of hydrogen-bond donors (Lipinski definition) is 1. The molecule has 0 aliphatic rings. The van der Waals surface area contributed by atoms with Crippen LogP contribution in [0.1, 0.15) is 20.8 Å². The molecule has 0 spiro atoms. The first-order valence-corrected chi connectivity index (χ1v) is 7.37. The molecule has 0 bridgehead atoms. The highest BCUT2D eigenvalue weighted by molar-refractivity contribution is 7.89. The lowest BCUT2D eigenvalue weighted by atomic mass is 9.94. The minimum Gasteiger partial charge on any atom is -0.330 e. The summed E-state index contributed by atoms with van der Waals surface area (Å²) >= 11 is 0. The average molecular weight is 274 g/mol. The van der Waals surface area contributed by atoms with Gasteiger partial charge in [-0.05, 0) is 24.9 Å². The van der Waals surface area contributed by atoms with Crippen molar-refractivity contribution in [3.05, 3.63) is 12.3 Å². The third-order valence-electron chi connectivity index (χ3n) is 2.85. The van der Waals surface area contributed by atoms with Crippen LogP contribution in [0.3, 0.4) is 0 Å². The fourth-order valence-electron chi connectivity index (χ4n) is 1.69. The highest BCUT2D eigenvalue weighted by Crippen LogP contribution is 2.20. The first-order chi connectivity index (χ1) is 8.24. The fraction of sp³-hybridized carbons (Fsp3) is 0.727. The van der Waals surface area contributed by atoms with Crippen LogP contribution in [0.2, 0.25) is 0 Å². The van der Waals surface area contributed by atoms with Crippen LogP contribution in [-0.4, -0.2) is 42.6 Å². The summed E-state index contributed by atoms with van der Waals surface area (Å²) in [6, 6.07) is 1.52.